The van der Waals surface area contributed by atoms with E-state index >= 15 is 0 Å². The van der Waals surface area contributed by atoms with Crippen molar-refractivity contribution in [2.24, 2.45) is 0 Å². The molecule has 0 aromatic heterocycles. The summed E-state index contributed by atoms with van der Waals surface area (Å²) in [6, 6.07) is 6.43. The van der Waals surface area contributed by atoms with Crippen LogP contribution in [0.1, 0.15) is 43.2 Å². The van der Waals surface area contributed by atoms with Crippen molar-refractivity contribution < 1.29 is 9.53 Å². The van der Waals surface area contributed by atoms with Crippen molar-refractivity contribution in [3.63, 3.8) is 0 Å². The number of fused-ring (bicyclic) bond motifs is 2. The first-order valence-electron chi connectivity index (χ1n) is 6.43. The molecule has 2 nitrogen and oxygen atoms in total. The number of Topliss-reactive ketones (excluding diaryl/α,β-unsaturated/α-hetero) is 1. The van der Waals surface area contributed by atoms with Crippen LogP contribution in [0.3, 0.4) is 0 Å². The molecule has 2 heteroatoms. The van der Waals surface area contributed by atoms with Gasteiger partial charge in [-0.2, -0.15) is 0 Å². The molecule has 0 amide bonds. The molecule has 0 bridgehead atoms. The highest BCUT2D eigenvalue weighted by Gasteiger charge is 2.41. The number of ether oxygens (including phenoxy) is 1. The van der Waals surface area contributed by atoms with Crippen LogP contribution in [0.15, 0.2) is 18.2 Å². The third-order valence-electron chi connectivity index (χ3n) is 4.53. The summed E-state index contributed by atoms with van der Waals surface area (Å²) in [6.07, 6.45) is 5.96. The quantitative estimate of drug-likeness (QED) is 0.741. The number of methoxy groups -OCH3 is 1. The lowest BCUT2D eigenvalue weighted by molar-refractivity contribution is -0.121. The predicted molar refractivity (Wildman–Crippen MR) is 66.5 cm³/mol. The number of carbonyl (C=O) groups is 1. The highest BCUT2D eigenvalue weighted by Crippen LogP contribution is 2.48. The molecule has 1 fully saturated rings. The molecule has 2 aliphatic rings. The molecule has 0 atom stereocenters. The van der Waals surface area contributed by atoms with Crippen LogP contribution in [0.5, 0.6) is 5.75 Å². The maximum absolute atomic E-state index is 11.4. The highest BCUT2D eigenvalue weighted by molar-refractivity contribution is 5.79. The predicted octanol–water partition coefficient (Wildman–Crippen LogP) is 3.02. The molecule has 2 aliphatic carbocycles. The zero-order valence-electron chi connectivity index (χ0n) is 10.3. The third kappa shape index (κ3) is 1.67. The number of rotatable bonds is 1. The minimum Gasteiger partial charge on any atom is -0.497 e. The van der Waals surface area contributed by atoms with Gasteiger partial charge in [-0.25, -0.2) is 0 Å². The second-order valence-corrected chi connectivity index (χ2v) is 5.34. The van der Waals surface area contributed by atoms with Crippen LogP contribution in [0.25, 0.3) is 0 Å². The fourth-order valence-corrected chi connectivity index (χ4v) is 3.43. The molecule has 3 rings (SSSR count). The van der Waals surface area contributed by atoms with Gasteiger partial charge < -0.3 is 4.74 Å². The Kier molecular flexibility index (Phi) is 2.46. The SMILES string of the molecule is COc1ccc2c(c1)C1(CCC(=O)CC1)CC2. The van der Waals surface area contributed by atoms with Gasteiger partial charge in [0, 0.05) is 12.8 Å². The van der Waals surface area contributed by atoms with Gasteiger partial charge in [-0.15, -0.1) is 0 Å². The van der Waals surface area contributed by atoms with E-state index in [1.807, 2.05) is 6.07 Å². The summed E-state index contributed by atoms with van der Waals surface area (Å²) in [5.74, 6) is 1.38. The second kappa shape index (κ2) is 3.86. The van der Waals surface area contributed by atoms with Crippen LogP contribution >= 0.6 is 0 Å². The molecule has 17 heavy (non-hydrogen) atoms. The zero-order valence-corrected chi connectivity index (χ0v) is 10.3. The van der Waals surface area contributed by atoms with Gasteiger partial charge in [-0.05, 0) is 54.4 Å². The summed E-state index contributed by atoms with van der Waals surface area (Å²) in [7, 11) is 1.72. The Labute approximate surface area is 102 Å². The van der Waals surface area contributed by atoms with E-state index in [-0.39, 0.29) is 5.41 Å². The first kappa shape index (κ1) is 10.8. The summed E-state index contributed by atoms with van der Waals surface area (Å²) < 4.78 is 5.33. The summed E-state index contributed by atoms with van der Waals surface area (Å²) in [5, 5.41) is 0. The van der Waals surface area contributed by atoms with E-state index in [1.54, 1.807) is 7.11 Å². The maximum atomic E-state index is 11.4. The Morgan fingerprint density at radius 3 is 2.53 bits per heavy atom. The van der Waals surface area contributed by atoms with Gasteiger partial charge >= 0.3 is 0 Å². The maximum Gasteiger partial charge on any atom is 0.132 e. The van der Waals surface area contributed by atoms with Gasteiger partial charge in [-0.3, -0.25) is 4.79 Å². The van der Waals surface area contributed by atoms with Crippen molar-refractivity contribution in [2.75, 3.05) is 7.11 Å². The smallest absolute Gasteiger partial charge is 0.132 e. The topological polar surface area (TPSA) is 26.3 Å². The fraction of sp³-hybridized carbons (Fsp3) is 0.533. The van der Waals surface area contributed by atoms with Crippen LogP contribution in [0.4, 0.5) is 0 Å². The lowest BCUT2D eigenvalue weighted by Gasteiger charge is -2.34. The van der Waals surface area contributed by atoms with Crippen molar-refractivity contribution in [1.29, 1.82) is 0 Å². The minimum absolute atomic E-state index is 0.276. The van der Waals surface area contributed by atoms with Crippen LogP contribution in [-0.4, -0.2) is 12.9 Å². The second-order valence-electron chi connectivity index (χ2n) is 5.34. The number of hydrogen-bond acceptors (Lipinski definition) is 2. The summed E-state index contributed by atoms with van der Waals surface area (Å²) in [4.78, 5) is 11.4. The van der Waals surface area contributed by atoms with Gasteiger partial charge in [0.25, 0.3) is 0 Å². The molecule has 90 valence electrons. The number of ketones is 1. The molecular weight excluding hydrogens is 212 g/mol. The number of benzene rings is 1. The van der Waals surface area contributed by atoms with E-state index in [9.17, 15) is 4.79 Å². The summed E-state index contributed by atoms with van der Waals surface area (Å²) >= 11 is 0. The molecule has 0 unspecified atom stereocenters. The fourth-order valence-electron chi connectivity index (χ4n) is 3.43. The van der Waals surface area contributed by atoms with Crippen LogP contribution in [-0.2, 0) is 16.6 Å². The number of carbonyl (C=O) groups excluding carboxylic acids is 1. The highest BCUT2D eigenvalue weighted by atomic mass is 16.5. The summed E-state index contributed by atoms with van der Waals surface area (Å²) in [5.41, 5.74) is 3.18. The molecule has 0 saturated heterocycles. The van der Waals surface area contributed by atoms with E-state index in [2.05, 4.69) is 12.1 Å². The normalized spacial score (nSPS) is 21.6. The van der Waals surface area contributed by atoms with Gasteiger partial charge in [0.05, 0.1) is 7.11 Å². The molecule has 1 aromatic rings. The Hall–Kier alpha value is -1.31. The Balaban J connectivity index is 1.99. The molecule has 0 radical (unpaired) electrons. The van der Waals surface area contributed by atoms with Crippen molar-refractivity contribution in [3.8, 4) is 5.75 Å². The molecule has 0 N–H and O–H groups in total. The van der Waals surface area contributed by atoms with Crippen LogP contribution in [0, 0.1) is 0 Å². The van der Waals surface area contributed by atoms with Gasteiger partial charge in [0.1, 0.15) is 11.5 Å². The van der Waals surface area contributed by atoms with Crippen molar-refractivity contribution in [3.05, 3.63) is 29.3 Å². The Morgan fingerprint density at radius 2 is 1.82 bits per heavy atom. The van der Waals surface area contributed by atoms with E-state index < -0.39 is 0 Å². The van der Waals surface area contributed by atoms with Gasteiger partial charge in [0.2, 0.25) is 0 Å². The minimum atomic E-state index is 0.276. The summed E-state index contributed by atoms with van der Waals surface area (Å²) in [6.45, 7) is 0. The van der Waals surface area contributed by atoms with Crippen LogP contribution in [0.2, 0.25) is 0 Å². The van der Waals surface area contributed by atoms with Gasteiger partial charge in [-0.1, -0.05) is 6.07 Å². The number of hydrogen-bond donors (Lipinski definition) is 0. The molecule has 1 spiro atoms. The van der Waals surface area contributed by atoms with Gasteiger partial charge in [0.15, 0.2) is 0 Å². The molecule has 1 aromatic carbocycles. The van der Waals surface area contributed by atoms with Crippen molar-refractivity contribution >= 4 is 5.78 Å². The standard InChI is InChI=1S/C15H18O2/c1-17-13-3-2-11-4-7-15(14(11)10-13)8-5-12(16)6-9-15/h2-3,10H,4-9H2,1H3. The average molecular weight is 230 g/mol. The average Bonchev–Trinajstić information content (AvgIpc) is 2.72. The largest absolute Gasteiger partial charge is 0.497 e. The lowest BCUT2D eigenvalue weighted by Crippen LogP contribution is -2.29. The first-order chi connectivity index (χ1) is 8.23. The van der Waals surface area contributed by atoms with Crippen molar-refractivity contribution in [2.45, 2.75) is 43.9 Å². The van der Waals surface area contributed by atoms with E-state index in [0.717, 1.165) is 37.9 Å². The molecule has 1 saturated carbocycles. The third-order valence-corrected chi connectivity index (χ3v) is 4.53. The molecule has 0 heterocycles. The lowest BCUT2D eigenvalue weighted by atomic mass is 9.70. The molecule has 0 aliphatic heterocycles. The Morgan fingerprint density at radius 1 is 1.12 bits per heavy atom. The zero-order chi connectivity index (χ0) is 11.9. The monoisotopic (exact) mass is 230 g/mol. The Bertz CT molecular complexity index is 452. The van der Waals surface area contributed by atoms with Crippen LogP contribution < -0.4 is 4.74 Å². The first-order valence-corrected chi connectivity index (χ1v) is 6.43. The van der Waals surface area contributed by atoms with E-state index in [4.69, 9.17) is 4.74 Å². The van der Waals surface area contributed by atoms with E-state index in [1.165, 1.54) is 17.5 Å². The van der Waals surface area contributed by atoms with Crippen molar-refractivity contribution in [1.82, 2.24) is 0 Å². The van der Waals surface area contributed by atoms with E-state index in [0.29, 0.717) is 5.78 Å². The molecular formula is C15H18O2. The number of aryl methyl sites for hydroxylation is 1.